The lowest BCUT2D eigenvalue weighted by Gasteiger charge is -2.14. The number of hydrogen-bond acceptors (Lipinski definition) is 6. The molecule has 27 heavy (non-hydrogen) atoms. The molecule has 0 aliphatic carbocycles. The molecule has 0 radical (unpaired) electrons. The van der Waals surface area contributed by atoms with Crippen LogP contribution in [0.15, 0.2) is 68.9 Å². The first-order valence-electron chi connectivity index (χ1n) is 8.07. The maximum Gasteiger partial charge on any atom is 0.266 e. The molecule has 1 aromatic heterocycles. The number of nitrogens with zero attached hydrogens (tertiary/aromatic N) is 1. The molecule has 1 saturated heterocycles. The maximum absolute atomic E-state index is 12.7. The summed E-state index contributed by atoms with van der Waals surface area (Å²) in [5.74, 6) is -0.223. The number of thioether (sulfide) groups is 1. The van der Waals surface area contributed by atoms with Crippen molar-refractivity contribution in [2.24, 2.45) is 0 Å². The molecule has 0 saturated carbocycles. The van der Waals surface area contributed by atoms with Crippen molar-refractivity contribution < 1.29 is 14.3 Å². The first kappa shape index (κ1) is 17.5. The van der Waals surface area contributed by atoms with Gasteiger partial charge in [-0.25, -0.2) is 0 Å². The van der Waals surface area contributed by atoms with Gasteiger partial charge in [-0.3, -0.25) is 14.5 Å². The SMILES string of the molecule is O=C1/C(=C/c2coc3cc(O)ccc3c2=O)SC(=S)N1Cc1ccccc1. The summed E-state index contributed by atoms with van der Waals surface area (Å²) in [5.41, 5.74) is 1.24. The Bertz CT molecular complexity index is 1150. The molecule has 1 amide bonds. The predicted molar refractivity (Wildman–Crippen MR) is 109 cm³/mol. The minimum Gasteiger partial charge on any atom is -0.508 e. The molecule has 0 bridgehead atoms. The molecule has 0 spiro atoms. The Hall–Kier alpha value is -2.90. The second-order valence-electron chi connectivity index (χ2n) is 5.95. The fraction of sp³-hybridized carbons (Fsp3) is 0.0500. The number of rotatable bonds is 3. The predicted octanol–water partition coefficient (Wildman–Crippen LogP) is 3.90. The summed E-state index contributed by atoms with van der Waals surface area (Å²) in [4.78, 5) is 27.3. The van der Waals surface area contributed by atoms with Gasteiger partial charge in [0, 0.05) is 6.07 Å². The normalized spacial score (nSPS) is 15.9. The molecule has 1 aliphatic heterocycles. The van der Waals surface area contributed by atoms with Gasteiger partial charge >= 0.3 is 0 Å². The number of thiocarbonyl (C=S) groups is 1. The Morgan fingerprint density at radius 2 is 1.93 bits per heavy atom. The number of aromatic hydroxyl groups is 1. The number of phenols is 1. The van der Waals surface area contributed by atoms with Crippen LogP contribution in [-0.2, 0) is 11.3 Å². The van der Waals surface area contributed by atoms with E-state index in [9.17, 15) is 14.7 Å². The molecule has 1 N–H and O–H groups in total. The number of hydrogen-bond donors (Lipinski definition) is 1. The Labute approximate surface area is 163 Å². The smallest absolute Gasteiger partial charge is 0.266 e. The first-order valence-corrected chi connectivity index (χ1v) is 9.29. The molecule has 134 valence electrons. The molecular formula is C20H13NO4S2. The molecule has 1 fully saturated rings. The van der Waals surface area contributed by atoms with Crippen LogP contribution >= 0.6 is 24.0 Å². The van der Waals surface area contributed by atoms with E-state index in [0.717, 1.165) is 17.3 Å². The van der Waals surface area contributed by atoms with Crippen molar-refractivity contribution in [3.05, 3.63) is 81.0 Å². The van der Waals surface area contributed by atoms with Gasteiger partial charge in [0.1, 0.15) is 21.9 Å². The van der Waals surface area contributed by atoms with E-state index in [1.807, 2.05) is 30.3 Å². The Morgan fingerprint density at radius 3 is 2.70 bits per heavy atom. The lowest BCUT2D eigenvalue weighted by Crippen LogP contribution is -2.27. The zero-order valence-corrected chi connectivity index (χ0v) is 15.5. The fourth-order valence-corrected chi connectivity index (χ4v) is 4.02. The minimum atomic E-state index is -0.274. The maximum atomic E-state index is 12.7. The second kappa shape index (κ2) is 7.02. The van der Waals surface area contributed by atoms with Crippen LogP contribution in [0.4, 0.5) is 0 Å². The summed E-state index contributed by atoms with van der Waals surface area (Å²) in [5, 5.41) is 9.83. The first-order chi connectivity index (χ1) is 13.0. The molecule has 2 aromatic carbocycles. The number of phenolic OH excluding ortho intramolecular Hbond substituents is 1. The molecule has 3 aromatic rings. The van der Waals surface area contributed by atoms with Crippen LogP contribution in [-0.4, -0.2) is 20.2 Å². The van der Waals surface area contributed by atoms with Crippen LogP contribution in [0.25, 0.3) is 17.0 Å². The van der Waals surface area contributed by atoms with Gasteiger partial charge in [0.05, 0.1) is 22.4 Å². The average molecular weight is 395 g/mol. The van der Waals surface area contributed by atoms with Gasteiger partial charge in [0.2, 0.25) is 0 Å². The highest BCUT2D eigenvalue weighted by Crippen LogP contribution is 2.33. The van der Waals surface area contributed by atoms with E-state index < -0.39 is 0 Å². The monoisotopic (exact) mass is 395 g/mol. The molecule has 1 aliphatic rings. The van der Waals surface area contributed by atoms with Crippen molar-refractivity contribution in [3.8, 4) is 5.75 Å². The van der Waals surface area contributed by atoms with Crippen molar-refractivity contribution in [1.82, 2.24) is 4.90 Å². The molecule has 2 heterocycles. The standard InChI is InChI=1S/C20H13NO4S2/c22-14-6-7-15-16(9-14)25-11-13(18(15)23)8-17-19(24)21(20(26)27-17)10-12-4-2-1-3-5-12/h1-9,11,22H,10H2/b17-8-. The van der Waals surface area contributed by atoms with Crippen molar-refractivity contribution in [1.29, 1.82) is 0 Å². The highest BCUT2D eigenvalue weighted by Gasteiger charge is 2.32. The number of carbonyl (C=O) groups excluding carboxylic acids is 1. The summed E-state index contributed by atoms with van der Waals surface area (Å²) in [7, 11) is 0. The fourth-order valence-electron chi connectivity index (χ4n) is 2.78. The molecular weight excluding hydrogens is 382 g/mol. The van der Waals surface area contributed by atoms with E-state index >= 15 is 0 Å². The largest absolute Gasteiger partial charge is 0.508 e. The third kappa shape index (κ3) is 3.39. The molecule has 0 atom stereocenters. The van der Waals surface area contributed by atoms with Crippen LogP contribution < -0.4 is 5.43 Å². The van der Waals surface area contributed by atoms with E-state index in [-0.39, 0.29) is 28.2 Å². The van der Waals surface area contributed by atoms with E-state index in [1.165, 1.54) is 35.4 Å². The third-order valence-corrected chi connectivity index (χ3v) is 5.51. The van der Waals surface area contributed by atoms with Crippen LogP contribution in [0.1, 0.15) is 11.1 Å². The molecule has 5 nitrogen and oxygen atoms in total. The molecule has 0 unspecified atom stereocenters. The summed E-state index contributed by atoms with van der Waals surface area (Å²) in [6.45, 7) is 0.383. The van der Waals surface area contributed by atoms with Crippen molar-refractivity contribution >= 4 is 51.3 Å². The lowest BCUT2D eigenvalue weighted by atomic mass is 10.1. The topological polar surface area (TPSA) is 70.7 Å². The highest BCUT2D eigenvalue weighted by atomic mass is 32.2. The van der Waals surface area contributed by atoms with E-state index in [0.29, 0.717) is 21.2 Å². The quantitative estimate of drug-likeness (QED) is 0.536. The van der Waals surface area contributed by atoms with Gasteiger partial charge in [-0.05, 0) is 23.8 Å². The van der Waals surface area contributed by atoms with Gasteiger partial charge in [-0.2, -0.15) is 0 Å². The number of carbonyl (C=O) groups is 1. The van der Waals surface area contributed by atoms with E-state index in [1.54, 1.807) is 0 Å². The number of fused-ring (bicyclic) bond motifs is 1. The zero-order chi connectivity index (χ0) is 19.0. The Morgan fingerprint density at radius 1 is 1.15 bits per heavy atom. The van der Waals surface area contributed by atoms with Crippen LogP contribution in [0.5, 0.6) is 5.75 Å². The van der Waals surface area contributed by atoms with Crippen LogP contribution in [0.3, 0.4) is 0 Å². The summed E-state index contributed by atoms with van der Waals surface area (Å²) in [6, 6.07) is 13.9. The van der Waals surface area contributed by atoms with Crippen molar-refractivity contribution in [3.63, 3.8) is 0 Å². The van der Waals surface area contributed by atoms with Crippen molar-refractivity contribution in [2.45, 2.75) is 6.54 Å². The highest BCUT2D eigenvalue weighted by molar-refractivity contribution is 8.26. The van der Waals surface area contributed by atoms with Gasteiger partial charge in [0.15, 0.2) is 5.43 Å². The molecule has 4 rings (SSSR count). The summed E-state index contributed by atoms with van der Waals surface area (Å²) in [6.07, 6.45) is 2.79. The molecule has 7 heteroatoms. The van der Waals surface area contributed by atoms with E-state index in [2.05, 4.69) is 0 Å². The Balaban J connectivity index is 1.67. The third-order valence-electron chi connectivity index (χ3n) is 4.13. The van der Waals surface area contributed by atoms with Gasteiger partial charge in [0.25, 0.3) is 5.91 Å². The Kier molecular flexibility index (Phi) is 4.55. The average Bonchev–Trinajstić information content (AvgIpc) is 2.92. The van der Waals surface area contributed by atoms with Gasteiger partial charge in [-0.15, -0.1) is 0 Å². The second-order valence-corrected chi connectivity index (χ2v) is 7.63. The summed E-state index contributed by atoms with van der Waals surface area (Å²) < 4.78 is 5.88. The van der Waals surface area contributed by atoms with Gasteiger partial charge < -0.3 is 9.52 Å². The van der Waals surface area contributed by atoms with Crippen LogP contribution in [0, 0.1) is 0 Å². The zero-order valence-electron chi connectivity index (χ0n) is 13.9. The van der Waals surface area contributed by atoms with Gasteiger partial charge in [-0.1, -0.05) is 54.3 Å². The lowest BCUT2D eigenvalue weighted by molar-refractivity contribution is -0.122. The van der Waals surface area contributed by atoms with Crippen LogP contribution in [0.2, 0.25) is 0 Å². The minimum absolute atomic E-state index is 0.0141. The van der Waals surface area contributed by atoms with E-state index in [4.69, 9.17) is 16.6 Å². The number of benzene rings is 2. The number of amides is 1. The summed E-state index contributed by atoms with van der Waals surface area (Å²) >= 11 is 6.49. The van der Waals surface area contributed by atoms with Crippen molar-refractivity contribution in [2.75, 3.05) is 0 Å².